The van der Waals surface area contributed by atoms with Gasteiger partial charge in [0, 0.05) is 6.54 Å². The van der Waals surface area contributed by atoms with E-state index in [1.54, 1.807) is 36.4 Å². The molecule has 0 fully saturated rings. The number of benzene rings is 2. The largest absolute Gasteiger partial charge is 0.478 e. The highest BCUT2D eigenvalue weighted by atomic mass is 32.2. The number of rotatable bonds is 6. The van der Waals surface area contributed by atoms with Crippen LogP contribution in [-0.2, 0) is 22.3 Å². The van der Waals surface area contributed by atoms with Crippen LogP contribution in [0, 0.1) is 0 Å². The van der Waals surface area contributed by atoms with Crippen LogP contribution in [0.5, 0.6) is 0 Å². The highest BCUT2D eigenvalue weighted by molar-refractivity contribution is 7.88. The molecule has 0 unspecified atom stereocenters. The molecule has 0 spiro atoms. The van der Waals surface area contributed by atoms with Crippen molar-refractivity contribution in [3.63, 3.8) is 0 Å². The second-order valence-corrected chi connectivity index (χ2v) is 6.38. The Balaban J connectivity index is 2.02. The van der Waals surface area contributed by atoms with Gasteiger partial charge in [-0.15, -0.1) is 0 Å². The van der Waals surface area contributed by atoms with E-state index in [1.165, 1.54) is 12.1 Å². The topological polar surface area (TPSA) is 83.5 Å². The number of carboxylic acid groups (broad SMARTS) is 1. The van der Waals surface area contributed by atoms with Gasteiger partial charge < -0.3 is 5.11 Å². The molecule has 0 heterocycles. The molecule has 0 aliphatic heterocycles. The Hall–Kier alpha value is -2.18. The minimum Gasteiger partial charge on any atom is -0.478 e. The monoisotopic (exact) mass is 305 g/mol. The number of aromatic carboxylic acids is 1. The summed E-state index contributed by atoms with van der Waals surface area (Å²) in [4.78, 5) is 10.9. The summed E-state index contributed by atoms with van der Waals surface area (Å²) in [6.45, 7) is 0.0658. The molecule has 0 atom stereocenters. The third-order valence-corrected chi connectivity index (χ3v) is 4.17. The van der Waals surface area contributed by atoms with E-state index in [1.807, 2.05) is 6.07 Å². The van der Waals surface area contributed by atoms with E-state index < -0.39 is 16.0 Å². The molecule has 6 heteroatoms. The van der Waals surface area contributed by atoms with Crippen molar-refractivity contribution in [1.82, 2.24) is 4.72 Å². The first kappa shape index (κ1) is 15.2. The fourth-order valence-electron chi connectivity index (χ4n) is 1.85. The van der Waals surface area contributed by atoms with E-state index in [9.17, 15) is 13.2 Å². The minimum absolute atomic E-state index is 0.0658. The van der Waals surface area contributed by atoms with Gasteiger partial charge in [0.05, 0.1) is 11.3 Å². The molecule has 0 saturated carbocycles. The molecule has 0 aliphatic rings. The fourth-order valence-corrected chi connectivity index (χ4v) is 2.97. The maximum absolute atomic E-state index is 12.0. The number of carboxylic acids is 1. The van der Waals surface area contributed by atoms with Crippen LogP contribution in [0.4, 0.5) is 0 Å². The summed E-state index contributed by atoms with van der Waals surface area (Å²) in [5.74, 6) is -1.14. The van der Waals surface area contributed by atoms with E-state index in [-0.39, 0.29) is 17.9 Å². The van der Waals surface area contributed by atoms with Crippen molar-refractivity contribution in [2.24, 2.45) is 0 Å². The Bertz CT molecular complexity index is 726. The Morgan fingerprint density at radius 3 is 2.33 bits per heavy atom. The molecule has 2 N–H and O–H groups in total. The van der Waals surface area contributed by atoms with Crippen molar-refractivity contribution in [2.45, 2.75) is 12.3 Å². The van der Waals surface area contributed by atoms with Crippen LogP contribution in [0.1, 0.15) is 21.5 Å². The SMILES string of the molecule is O=C(O)c1cccc(CNS(=O)(=O)Cc2ccccc2)c1. The van der Waals surface area contributed by atoms with Crippen LogP contribution in [0.15, 0.2) is 54.6 Å². The Morgan fingerprint density at radius 2 is 1.67 bits per heavy atom. The summed E-state index contributed by atoms with van der Waals surface area (Å²) in [5, 5.41) is 8.89. The van der Waals surface area contributed by atoms with Crippen LogP contribution < -0.4 is 4.72 Å². The van der Waals surface area contributed by atoms with Crippen molar-refractivity contribution in [1.29, 1.82) is 0 Å². The van der Waals surface area contributed by atoms with E-state index in [0.29, 0.717) is 11.1 Å². The normalized spacial score (nSPS) is 11.2. The zero-order chi connectivity index (χ0) is 15.3. The Morgan fingerprint density at radius 1 is 1.00 bits per heavy atom. The fraction of sp³-hybridized carbons (Fsp3) is 0.133. The quantitative estimate of drug-likeness (QED) is 0.855. The average molecular weight is 305 g/mol. The van der Waals surface area contributed by atoms with Crippen LogP contribution >= 0.6 is 0 Å². The van der Waals surface area contributed by atoms with Crippen LogP contribution in [0.3, 0.4) is 0 Å². The van der Waals surface area contributed by atoms with Gasteiger partial charge >= 0.3 is 5.97 Å². The number of nitrogens with one attached hydrogen (secondary N) is 1. The highest BCUT2D eigenvalue weighted by Crippen LogP contribution is 2.08. The minimum atomic E-state index is -3.46. The average Bonchev–Trinajstić information content (AvgIpc) is 2.46. The third kappa shape index (κ3) is 4.70. The van der Waals surface area contributed by atoms with Gasteiger partial charge in [-0.2, -0.15) is 0 Å². The highest BCUT2D eigenvalue weighted by Gasteiger charge is 2.11. The van der Waals surface area contributed by atoms with E-state index in [4.69, 9.17) is 5.11 Å². The lowest BCUT2D eigenvalue weighted by Crippen LogP contribution is -2.24. The summed E-state index contributed by atoms with van der Waals surface area (Å²) in [6.07, 6.45) is 0. The molecule has 0 radical (unpaired) electrons. The summed E-state index contributed by atoms with van der Waals surface area (Å²) < 4.78 is 26.4. The first-order valence-corrected chi connectivity index (χ1v) is 7.95. The van der Waals surface area contributed by atoms with Crippen molar-refractivity contribution in [3.05, 3.63) is 71.3 Å². The first-order chi connectivity index (χ1) is 9.96. The van der Waals surface area contributed by atoms with Gasteiger partial charge in [0.2, 0.25) is 10.0 Å². The van der Waals surface area contributed by atoms with Crippen LogP contribution in [0.25, 0.3) is 0 Å². The third-order valence-electron chi connectivity index (χ3n) is 2.87. The van der Waals surface area contributed by atoms with Gasteiger partial charge in [-0.1, -0.05) is 42.5 Å². The van der Waals surface area contributed by atoms with Gasteiger partial charge in [0.1, 0.15) is 0 Å². The lowest BCUT2D eigenvalue weighted by molar-refractivity contribution is 0.0696. The van der Waals surface area contributed by atoms with Gasteiger partial charge in [-0.3, -0.25) is 0 Å². The number of sulfonamides is 1. The number of hydrogen-bond acceptors (Lipinski definition) is 3. The summed E-state index contributed by atoms with van der Waals surface area (Å²) in [5.41, 5.74) is 1.44. The lowest BCUT2D eigenvalue weighted by atomic mass is 10.1. The molecule has 0 aromatic heterocycles. The van der Waals surface area contributed by atoms with Crippen molar-refractivity contribution >= 4 is 16.0 Å². The summed E-state index contributed by atoms with van der Waals surface area (Å²) >= 11 is 0. The van der Waals surface area contributed by atoms with Crippen LogP contribution in [0.2, 0.25) is 0 Å². The smallest absolute Gasteiger partial charge is 0.335 e. The van der Waals surface area contributed by atoms with Crippen molar-refractivity contribution in [2.75, 3.05) is 0 Å². The molecule has 0 amide bonds. The molecule has 0 bridgehead atoms. The van der Waals surface area contributed by atoms with Gasteiger partial charge in [0.25, 0.3) is 0 Å². The van der Waals surface area contributed by atoms with Gasteiger partial charge in [0.15, 0.2) is 0 Å². The standard InChI is InChI=1S/C15H15NO4S/c17-15(18)14-8-4-7-13(9-14)10-16-21(19,20)11-12-5-2-1-3-6-12/h1-9,16H,10-11H2,(H,17,18). The maximum Gasteiger partial charge on any atom is 0.335 e. The Kier molecular flexibility index (Phi) is 4.72. The van der Waals surface area contributed by atoms with Gasteiger partial charge in [-0.25, -0.2) is 17.9 Å². The molecule has 2 rings (SSSR count). The zero-order valence-corrected chi connectivity index (χ0v) is 12.0. The predicted octanol–water partition coefficient (Wildman–Crippen LogP) is 2.00. The molecule has 5 nitrogen and oxygen atoms in total. The summed E-state index contributed by atoms with van der Waals surface area (Å²) in [7, 11) is -3.46. The number of carbonyl (C=O) groups is 1. The number of hydrogen-bond donors (Lipinski definition) is 2. The Labute approximate surface area is 123 Å². The molecule has 110 valence electrons. The second kappa shape index (κ2) is 6.51. The molecular weight excluding hydrogens is 290 g/mol. The molecule has 0 saturated heterocycles. The van der Waals surface area contributed by atoms with Crippen molar-refractivity contribution in [3.8, 4) is 0 Å². The first-order valence-electron chi connectivity index (χ1n) is 6.30. The maximum atomic E-state index is 12.0. The molecular formula is C15H15NO4S. The zero-order valence-electron chi connectivity index (χ0n) is 11.2. The van der Waals surface area contributed by atoms with Crippen LogP contribution in [-0.4, -0.2) is 19.5 Å². The van der Waals surface area contributed by atoms with E-state index >= 15 is 0 Å². The van der Waals surface area contributed by atoms with E-state index in [2.05, 4.69) is 4.72 Å². The molecule has 21 heavy (non-hydrogen) atoms. The molecule has 2 aromatic rings. The predicted molar refractivity (Wildman–Crippen MR) is 79.3 cm³/mol. The van der Waals surface area contributed by atoms with E-state index in [0.717, 1.165) is 0 Å². The molecule has 2 aromatic carbocycles. The van der Waals surface area contributed by atoms with Crippen molar-refractivity contribution < 1.29 is 18.3 Å². The second-order valence-electron chi connectivity index (χ2n) is 4.57. The summed E-state index contributed by atoms with van der Waals surface area (Å²) in [6, 6.07) is 15.0. The van der Waals surface area contributed by atoms with Gasteiger partial charge in [-0.05, 0) is 23.3 Å². The molecule has 0 aliphatic carbocycles. The lowest BCUT2D eigenvalue weighted by Gasteiger charge is -2.07.